The van der Waals surface area contributed by atoms with Gasteiger partial charge in [-0.2, -0.15) is 0 Å². The molecule has 0 aromatic rings. The smallest absolute Gasteiger partial charge is 0.335 e. The van der Waals surface area contributed by atoms with Crippen LogP contribution in [0.1, 0.15) is 239 Å². The van der Waals surface area contributed by atoms with Crippen LogP contribution >= 0.6 is 0 Å². The molecule has 12 heteroatoms. The van der Waals surface area contributed by atoms with Crippen LogP contribution in [0.5, 0.6) is 0 Å². The van der Waals surface area contributed by atoms with E-state index in [-0.39, 0.29) is 25.9 Å². The van der Waals surface area contributed by atoms with Crippen molar-refractivity contribution in [1.82, 2.24) is 0 Å². The first-order valence-electron chi connectivity index (χ1n) is 30.2. The molecule has 0 amide bonds. The highest BCUT2D eigenvalue weighted by molar-refractivity contribution is 5.74. The fraction of sp³-hybridized carbons (Fsp3) is 0.692. The Morgan fingerprint density at radius 3 is 1.32 bits per heavy atom. The Labute approximate surface area is 466 Å². The van der Waals surface area contributed by atoms with Crippen LogP contribution in [0.4, 0.5) is 0 Å². The van der Waals surface area contributed by atoms with E-state index in [1.165, 1.54) is 44.9 Å². The molecule has 77 heavy (non-hydrogen) atoms. The summed E-state index contributed by atoms with van der Waals surface area (Å²) in [6.45, 7) is 5.78. The zero-order valence-electron chi connectivity index (χ0n) is 48.2. The van der Waals surface area contributed by atoms with Gasteiger partial charge in [0.2, 0.25) is 0 Å². The van der Waals surface area contributed by atoms with Gasteiger partial charge >= 0.3 is 23.9 Å². The minimum absolute atomic E-state index is 0.0414. The summed E-state index contributed by atoms with van der Waals surface area (Å²) in [5.74, 6) is -3.22. The minimum Gasteiger partial charge on any atom is -0.479 e. The maximum absolute atomic E-state index is 13.1. The molecule has 1 rings (SSSR count). The summed E-state index contributed by atoms with van der Waals surface area (Å²) in [6, 6.07) is 0. The van der Waals surface area contributed by atoms with Gasteiger partial charge in [-0.15, -0.1) is 0 Å². The number of carboxylic acids is 1. The average Bonchev–Trinajstić information content (AvgIpc) is 3.42. The third kappa shape index (κ3) is 42.3. The number of aliphatic carboxylic acids is 1. The van der Waals surface area contributed by atoms with Crippen molar-refractivity contribution in [2.24, 2.45) is 0 Å². The summed E-state index contributed by atoms with van der Waals surface area (Å²) < 4.78 is 28.4. The molecule has 438 valence electrons. The van der Waals surface area contributed by atoms with Crippen molar-refractivity contribution in [2.45, 2.75) is 276 Å². The predicted octanol–water partition coefficient (Wildman–Crippen LogP) is 15.7. The first kappa shape index (κ1) is 70.7. The van der Waals surface area contributed by atoms with Crippen molar-refractivity contribution >= 4 is 23.9 Å². The number of hydrogen-bond donors (Lipinski definition) is 3. The Bertz CT molecular complexity index is 1710. The van der Waals surface area contributed by atoms with E-state index in [0.717, 1.165) is 128 Å². The largest absolute Gasteiger partial charge is 0.479 e. The highest BCUT2D eigenvalue weighted by Gasteiger charge is 2.50. The molecule has 0 spiro atoms. The molecule has 6 atom stereocenters. The monoisotopic (exact) mass is 1080 g/mol. The lowest BCUT2D eigenvalue weighted by atomic mass is 9.98. The number of rotatable bonds is 50. The molecule has 1 saturated heterocycles. The van der Waals surface area contributed by atoms with E-state index in [9.17, 15) is 34.5 Å². The lowest BCUT2D eigenvalue weighted by Gasteiger charge is -2.40. The number of allylic oxidation sites excluding steroid dienone is 16. The van der Waals surface area contributed by atoms with Gasteiger partial charge in [-0.25, -0.2) is 4.79 Å². The van der Waals surface area contributed by atoms with Gasteiger partial charge in [-0.05, 0) is 116 Å². The van der Waals surface area contributed by atoms with Gasteiger partial charge in [0.05, 0.1) is 6.61 Å². The van der Waals surface area contributed by atoms with Crippen molar-refractivity contribution in [3.8, 4) is 0 Å². The van der Waals surface area contributed by atoms with E-state index in [0.29, 0.717) is 25.7 Å². The Morgan fingerprint density at radius 2 is 0.831 bits per heavy atom. The molecule has 0 radical (unpaired) electrons. The number of carbonyl (C=O) groups excluding carboxylic acids is 3. The first-order valence-corrected chi connectivity index (χ1v) is 30.2. The molecular formula is C65H106O12. The van der Waals surface area contributed by atoms with Gasteiger partial charge in [-0.1, -0.05) is 201 Å². The fourth-order valence-corrected chi connectivity index (χ4v) is 8.49. The van der Waals surface area contributed by atoms with Crippen LogP contribution < -0.4 is 0 Å². The van der Waals surface area contributed by atoms with Crippen molar-refractivity contribution < 1.29 is 58.2 Å². The molecule has 6 unspecified atom stereocenters. The molecule has 12 nitrogen and oxygen atoms in total. The Kier molecular flexibility index (Phi) is 48.0. The first-order chi connectivity index (χ1) is 37.6. The third-order valence-corrected chi connectivity index (χ3v) is 13.1. The molecule has 0 saturated carbocycles. The molecule has 1 fully saturated rings. The average molecular weight is 1080 g/mol. The van der Waals surface area contributed by atoms with Gasteiger partial charge in [-0.3, -0.25) is 14.4 Å². The van der Waals surface area contributed by atoms with Crippen LogP contribution in [0.2, 0.25) is 0 Å². The summed E-state index contributed by atoms with van der Waals surface area (Å²) >= 11 is 0. The number of esters is 3. The summed E-state index contributed by atoms with van der Waals surface area (Å²) in [5, 5.41) is 31.5. The lowest BCUT2D eigenvalue weighted by Crippen LogP contribution is -2.61. The number of hydrogen-bond acceptors (Lipinski definition) is 11. The number of ether oxygens (including phenoxy) is 5. The molecule has 3 N–H and O–H groups in total. The van der Waals surface area contributed by atoms with Crippen molar-refractivity contribution in [3.63, 3.8) is 0 Å². The molecule has 0 aliphatic carbocycles. The number of carbonyl (C=O) groups is 4. The summed E-state index contributed by atoms with van der Waals surface area (Å²) in [4.78, 5) is 51.1. The molecule has 1 aliphatic rings. The van der Waals surface area contributed by atoms with Crippen LogP contribution in [0.25, 0.3) is 0 Å². The van der Waals surface area contributed by atoms with Crippen molar-refractivity contribution in [2.75, 3.05) is 13.2 Å². The Balaban J connectivity index is 2.73. The lowest BCUT2D eigenvalue weighted by molar-refractivity contribution is -0.301. The molecular weight excluding hydrogens is 973 g/mol. The van der Waals surface area contributed by atoms with E-state index in [1.54, 1.807) is 0 Å². The van der Waals surface area contributed by atoms with Crippen LogP contribution in [-0.4, -0.2) is 89.2 Å². The van der Waals surface area contributed by atoms with Gasteiger partial charge in [0.1, 0.15) is 18.8 Å². The topological polar surface area (TPSA) is 175 Å². The normalized spacial score (nSPS) is 18.7. The Hall–Kier alpha value is -4.36. The highest BCUT2D eigenvalue weighted by atomic mass is 16.7. The van der Waals surface area contributed by atoms with E-state index in [1.807, 2.05) is 6.08 Å². The summed E-state index contributed by atoms with van der Waals surface area (Å²) in [7, 11) is 0. The number of aliphatic hydroxyl groups is 2. The van der Waals surface area contributed by atoms with Crippen LogP contribution in [0.3, 0.4) is 0 Å². The minimum atomic E-state index is -1.92. The third-order valence-electron chi connectivity index (χ3n) is 13.1. The van der Waals surface area contributed by atoms with E-state index in [2.05, 4.69) is 112 Å². The van der Waals surface area contributed by atoms with Gasteiger partial charge in [0.15, 0.2) is 24.6 Å². The molecule has 0 bridgehead atoms. The number of unbranched alkanes of at least 4 members (excludes halogenated alkanes) is 20. The molecule has 0 aromatic heterocycles. The maximum Gasteiger partial charge on any atom is 0.335 e. The standard InChI is InChI=1S/C65H106O12/c1-4-7-10-13-16-19-22-25-27-29-31-34-36-39-42-45-48-51-57(66)73-54-56(75-58(67)52-49-46-43-40-37-33-24-21-18-15-12-9-6-3)55-74-65-63(61(70)60(69)62(77-65)64(71)72)76-59(68)53-50-47-44-41-38-35-32-30-28-26-23-20-17-14-11-8-5-2/h7,10,16-17,19-21,24-28,31,34,39,42,56,60-63,65,69-70H,4-6,8-9,11-15,18,22-23,29-30,32-33,35-38,40-41,43-55H2,1-3H3,(H,71,72)/b10-7-,19-16-,20-17-,24-21-,27-25-,28-26-,34-31-,42-39-. The summed E-state index contributed by atoms with van der Waals surface area (Å²) in [6.07, 6.45) is 56.6. The maximum atomic E-state index is 13.1. The SMILES string of the molecule is CC/C=C\C/C=C\C/C=C\C/C=C\C/C=C\CCCC(=O)OCC(COC1OC(C(=O)O)C(O)C(O)C1OC(=O)CCCCCCCCC/C=C\C/C=C\CCCCC)OC(=O)CCCCCCC/C=C\CCCCCC. The predicted molar refractivity (Wildman–Crippen MR) is 312 cm³/mol. The van der Waals surface area contributed by atoms with Gasteiger partial charge in [0, 0.05) is 19.3 Å². The van der Waals surface area contributed by atoms with E-state index >= 15 is 0 Å². The van der Waals surface area contributed by atoms with E-state index in [4.69, 9.17) is 23.7 Å². The van der Waals surface area contributed by atoms with Gasteiger partial charge in [0.25, 0.3) is 0 Å². The zero-order valence-corrected chi connectivity index (χ0v) is 48.2. The molecule has 1 heterocycles. The second-order valence-electron chi connectivity index (χ2n) is 20.2. The molecule has 1 aliphatic heterocycles. The number of carboxylic acid groups (broad SMARTS) is 1. The van der Waals surface area contributed by atoms with Crippen molar-refractivity contribution in [3.05, 3.63) is 97.2 Å². The highest BCUT2D eigenvalue weighted by Crippen LogP contribution is 2.26. The van der Waals surface area contributed by atoms with Crippen LogP contribution in [0, 0.1) is 0 Å². The van der Waals surface area contributed by atoms with E-state index < -0.39 is 67.3 Å². The van der Waals surface area contributed by atoms with Gasteiger partial charge < -0.3 is 39.0 Å². The number of aliphatic hydroxyl groups excluding tert-OH is 2. The second kappa shape index (κ2) is 52.3. The fourth-order valence-electron chi connectivity index (χ4n) is 8.49. The zero-order chi connectivity index (χ0) is 56.1. The quantitative estimate of drug-likeness (QED) is 0.0228. The second-order valence-corrected chi connectivity index (χ2v) is 20.2. The Morgan fingerprint density at radius 1 is 0.442 bits per heavy atom. The molecule has 0 aromatic carbocycles. The van der Waals surface area contributed by atoms with Crippen LogP contribution in [0.15, 0.2) is 97.2 Å². The summed E-state index contributed by atoms with van der Waals surface area (Å²) in [5.41, 5.74) is 0. The van der Waals surface area contributed by atoms with Crippen molar-refractivity contribution in [1.29, 1.82) is 0 Å². The van der Waals surface area contributed by atoms with Crippen LogP contribution in [-0.2, 0) is 42.9 Å².